The molecule has 0 radical (unpaired) electrons. The first kappa shape index (κ1) is 13.6. The van der Waals surface area contributed by atoms with Crippen LogP contribution in [0.25, 0.3) is 0 Å². The minimum atomic E-state index is -0.409. The molecule has 0 heterocycles. The summed E-state index contributed by atoms with van der Waals surface area (Å²) in [4.78, 5) is 11.9. The predicted molar refractivity (Wildman–Crippen MR) is 72.0 cm³/mol. The van der Waals surface area contributed by atoms with Crippen molar-refractivity contribution >= 4 is 11.7 Å². The summed E-state index contributed by atoms with van der Waals surface area (Å²) < 4.78 is 18.2. The molecular formula is C14H19FN2O2. The molecule has 0 aliphatic heterocycles. The smallest absolute Gasteiger partial charge is 0.319 e. The Kier molecular flexibility index (Phi) is 4.60. The minimum absolute atomic E-state index is 0.216. The summed E-state index contributed by atoms with van der Waals surface area (Å²) in [5.41, 5.74) is 0.343. The van der Waals surface area contributed by atoms with Crippen molar-refractivity contribution in [3.05, 3.63) is 24.0 Å². The van der Waals surface area contributed by atoms with Crippen molar-refractivity contribution < 1.29 is 13.9 Å². The highest BCUT2D eigenvalue weighted by molar-refractivity contribution is 5.91. The highest BCUT2D eigenvalue weighted by Gasteiger charge is 2.16. The van der Waals surface area contributed by atoms with Crippen molar-refractivity contribution in [3.63, 3.8) is 0 Å². The van der Waals surface area contributed by atoms with Crippen molar-refractivity contribution in [2.75, 3.05) is 12.4 Å². The Hall–Kier alpha value is -1.78. The lowest BCUT2D eigenvalue weighted by Gasteiger charge is -2.23. The molecule has 1 aliphatic rings. The van der Waals surface area contributed by atoms with E-state index < -0.39 is 5.82 Å². The lowest BCUT2D eigenvalue weighted by Crippen LogP contribution is -2.39. The Labute approximate surface area is 112 Å². The summed E-state index contributed by atoms with van der Waals surface area (Å²) in [5.74, 6) is 0.0361. The van der Waals surface area contributed by atoms with Gasteiger partial charge in [0.1, 0.15) is 11.6 Å². The first-order valence-electron chi connectivity index (χ1n) is 6.60. The van der Waals surface area contributed by atoms with Gasteiger partial charge in [-0.1, -0.05) is 19.3 Å². The molecule has 104 valence electrons. The number of urea groups is 1. The van der Waals surface area contributed by atoms with Gasteiger partial charge in [-0.15, -0.1) is 0 Å². The van der Waals surface area contributed by atoms with Crippen LogP contribution in [-0.4, -0.2) is 19.2 Å². The number of hydrogen-bond acceptors (Lipinski definition) is 2. The number of rotatable bonds is 3. The molecule has 1 aromatic rings. The molecular weight excluding hydrogens is 247 g/mol. The van der Waals surface area contributed by atoms with Crippen LogP contribution in [0.4, 0.5) is 14.9 Å². The zero-order chi connectivity index (χ0) is 13.7. The van der Waals surface area contributed by atoms with E-state index >= 15 is 0 Å². The first-order valence-corrected chi connectivity index (χ1v) is 6.60. The molecule has 0 spiro atoms. The Morgan fingerprint density at radius 3 is 2.74 bits per heavy atom. The van der Waals surface area contributed by atoms with Gasteiger partial charge in [0.05, 0.1) is 12.8 Å². The highest BCUT2D eigenvalue weighted by Crippen LogP contribution is 2.25. The zero-order valence-corrected chi connectivity index (χ0v) is 11.0. The topological polar surface area (TPSA) is 50.4 Å². The van der Waals surface area contributed by atoms with E-state index in [1.807, 2.05) is 0 Å². The number of methoxy groups -OCH3 is 1. The second kappa shape index (κ2) is 6.41. The minimum Gasteiger partial charge on any atom is -0.495 e. The lowest BCUT2D eigenvalue weighted by molar-refractivity contribution is 0.244. The fourth-order valence-corrected chi connectivity index (χ4v) is 2.37. The SMILES string of the molecule is COc1ccc(F)cc1NC(=O)NC1CCCCC1. The molecule has 0 atom stereocenters. The van der Waals surface area contributed by atoms with Crippen molar-refractivity contribution in [2.45, 2.75) is 38.1 Å². The number of hydrogen-bond donors (Lipinski definition) is 2. The quantitative estimate of drug-likeness (QED) is 0.882. The van der Waals surface area contributed by atoms with Gasteiger partial charge in [0, 0.05) is 12.1 Å². The second-order valence-corrected chi connectivity index (χ2v) is 4.78. The Balaban J connectivity index is 1.95. The largest absolute Gasteiger partial charge is 0.495 e. The summed E-state index contributed by atoms with van der Waals surface area (Å²) in [6, 6.07) is 3.94. The third kappa shape index (κ3) is 3.84. The molecule has 0 saturated heterocycles. The molecule has 2 amide bonds. The number of ether oxygens (including phenoxy) is 1. The second-order valence-electron chi connectivity index (χ2n) is 4.78. The molecule has 2 rings (SSSR count). The van der Waals surface area contributed by atoms with Crippen molar-refractivity contribution in [1.82, 2.24) is 5.32 Å². The third-order valence-corrected chi connectivity index (χ3v) is 3.35. The van der Waals surface area contributed by atoms with Crippen LogP contribution in [0.1, 0.15) is 32.1 Å². The fourth-order valence-electron chi connectivity index (χ4n) is 2.37. The molecule has 4 nitrogen and oxygen atoms in total. The Morgan fingerprint density at radius 2 is 2.05 bits per heavy atom. The molecule has 5 heteroatoms. The van der Waals surface area contributed by atoms with Crippen LogP contribution < -0.4 is 15.4 Å². The van der Waals surface area contributed by atoms with E-state index in [1.165, 1.54) is 31.7 Å². The number of carbonyl (C=O) groups is 1. The Bertz CT molecular complexity index is 445. The van der Waals surface area contributed by atoms with Gasteiger partial charge in [0.15, 0.2) is 0 Å². The summed E-state index contributed by atoms with van der Waals surface area (Å²) in [6.45, 7) is 0. The van der Waals surface area contributed by atoms with Crippen molar-refractivity contribution in [2.24, 2.45) is 0 Å². The number of carbonyl (C=O) groups excluding carboxylic acids is 1. The maximum absolute atomic E-state index is 13.2. The molecule has 0 unspecified atom stereocenters. The lowest BCUT2D eigenvalue weighted by atomic mass is 9.96. The van der Waals surface area contributed by atoms with Crippen LogP contribution >= 0.6 is 0 Å². The van der Waals surface area contributed by atoms with Crippen LogP contribution in [0.15, 0.2) is 18.2 Å². The van der Waals surface area contributed by atoms with E-state index in [2.05, 4.69) is 10.6 Å². The van der Waals surface area contributed by atoms with E-state index in [9.17, 15) is 9.18 Å². The van der Waals surface area contributed by atoms with E-state index in [4.69, 9.17) is 4.74 Å². The number of benzene rings is 1. The number of nitrogens with one attached hydrogen (secondary N) is 2. The molecule has 2 N–H and O–H groups in total. The van der Waals surface area contributed by atoms with E-state index in [-0.39, 0.29) is 12.1 Å². The van der Waals surface area contributed by atoms with E-state index in [0.29, 0.717) is 11.4 Å². The molecule has 19 heavy (non-hydrogen) atoms. The van der Waals surface area contributed by atoms with Crippen LogP contribution in [0.2, 0.25) is 0 Å². The molecule has 0 bridgehead atoms. The molecule has 0 aromatic heterocycles. The standard InChI is InChI=1S/C14H19FN2O2/c1-19-13-8-7-10(15)9-12(13)17-14(18)16-11-5-3-2-4-6-11/h7-9,11H,2-6H2,1H3,(H2,16,17,18). The number of anilines is 1. The average Bonchev–Trinajstić information content (AvgIpc) is 2.40. The molecule has 1 saturated carbocycles. The molecule has 1 aliphatic carbocycles. The summed E-state index contributed by atoms with van der Waals surface area (Å²) in [6.07, 6.45) is 5.54. The van der Waals surface area contributed by atoms with Gasteiger partial charge in [0.25, 0.3) is 0 Å². The van der Waals surface area contributed by atoms with E-state index in [0.717, 1.165) is 25.7 Å². The van der Waals surface area contributed by atoms with Crippen molar-refractivity contribution in [3.8, 4) is 5.75 Å². The fraction of sp³-hybridized carbons (Fsp3) is 0.500. The monoisotopic (exact) mass is 266 g/mol. The van der Waals surface area contributed by atoms with Gasteiger partial charge >= 0.3 is 6.03 Å². The summed E-state index contributed by atoms with van der Waals surface area (Å²) in [7, 11) is 1.48. The van der Waals surface area contributed by atoms with Crippen LogP contribution in [0.5, 0.6) is 5.75 Å². The van der Waals surface area contributed by atoms with Gasteiger partial charge in [-0.2, -0.15) is 0 Å². The third-order valence-electron chi connectivity index (χ3n) is 3.35. The van der Waals surface area contributed by atoms with Gasteiger partial charge in [-0.3, -0.25) is 0 Å². The van der Waals surface area contributed by atoms with Crippen molar-refractivity contribution in [1.29, 1.82) is 0 Å². The van der Waals surface area contributed by atoms with Gasteiger partial charge in [-0.05, 0) is 25.0 Å². The Morgan fingerprint density at radius 1 is 1.32 bits per heavy atom. The zero-order valence-electron chi connectivity index (χ0n) is 11.0. The molecule has 1 aromatic carbocycles. The summed E-state index contributed by atoms with van der Waals surface area (Å²) in [5, 5.41) is 5.54. The number of amides is 2. The van der Waals surface area contributed by atoms with Gasteiger partial charge in [-0.25, -0.2) is 9.18 Å². The number of halogens is 1. The highest BCUT2D eigenvalue weighted by atomic mass is 19.1. The van der Waals surface area contributed by atoms with E-state index in [1.54, 1.807) is 0 Å². The van der Waals surface area contributed by atoms with Gasteiger partial charge in [0.2, 0.25) is 0 Å². The average molecular weight is 266 g/mol. The first-order chi connectivity index (χ1) is 9.19. The summed E-state index contributed by atoms with van der Waals surface area (Å²) >= 11 is 0. The normalized spacial score (nSPS) is 15.9. The van der Waals surface area contributed by atoms with Crippen LogP contribution in [-0.2, 0) is 0 Å². The predicted octanol–water partition coefficient (Wildman–Crippen LogP) is 3.29. The van der Waals surface area contributed by atoms with Crippen LogP contribution in [0, 0.1) is 5.82 Å². The van der Waals surface area contributed by atoms with Gasteiger partial charge < -0.3 is 15.4 Å². The maximum atomic E-state index is 13.2. The maximum Gasteiger partial charge on any atom is 0.319 e. The molecule has 1 fully saturated rings. The van der Waals surface area contributed by atoms with Crippen LogP contribution in [0.3, 0.4) is 0 Å².